The second-order valence-corrected chi connectivity index (χ2v) is 7.63. The van der Waals surface area contributed by atoms with Gasteiger partial charge in [0.05, 0.1) is 11.7 Å². The van der Waals surface area contributed by atoms with Crippen LogP contribution in [0.5, 0.6) is 0 Å². The lowest BCUT2D eigenvalue weighted by Gasteiger charge is -2.60. The van der Waals surface area contributed by atoms with Crippen LogP contribution in [-0.2, 0) is 4.74 Å². The van der Waals surface area contributed by atoms with Crippen molar-refractivity contribution in [3.63, 3.8) is 0 Å². The van der Waals surface area contributed by atoms with Crippen LogP contribution >= 0.6 is 0 Å². The van der Waals surface area contributed by atoms with Crippen LogP contribution in [0.3, 0.4) is 0 Å². The second kappa shape index (κ2) is 4.49. The van der Waals surface area contributed by atoms with Gasteiger partial charge in [-0.1, -0.05) is 27.2 Å². The van der Waals surface area contributed by atoms with E-state index in [0.717, 1.165) is 12.8 Å². The van der Waals surface area contributed by atoms with E-state index in [1.54, 1.807) is 0 Å². The Bertz CT molecular complexity index is 308. The van der Waals surface area contributed by atoms with E-state index >= 15 is 0 Å². The highest BCUT2D eigenvalue weighted by atomic mass is 16.5. The predicted molar refractivity (Wildman–Crippen MR) is 74.5 cm³/mol. The fraction of sp³-hybridized carbons (Fsp3) is 1.00. The van der Waals surface area contributed by atoms with E-state index in [9.17, 15) is 5.11 Å². The first-order valence-electron chi connectivity index (χ1n) is 7.58. The maximum absolute atomic E-state index is 10.7. The van der Waals surface area contributed by atoms with Gasteiger partial charge in [-0.3, -0.25) is 0 Å². The monoisotopic (exact) mass is 254 g/mol. The third-order valence-corrected chi connectivity index (χ3v) is 5.71. The molecule has 2 saturated carbocycles. The topological polar surface area (TPSA) is 29.5 Å². The zero-order valence-corrected chi connectivity index (χ0v) is 12.8. The Kier molecular flexibility index (Phi) is 3.57. The molecule has 18 heavy (non-hydrogen) atoms. The van der Waals surface area contributed by atoms with Gasteiger partial charge >= 0.3 is 0 Å². The van der Waals surface area contributed by atoms with Crippen LogP contribution in [0.1, 0.15) is 66.7 Å². The molecule has 106 valence electrons. The van der Waals surface area contributed by atoms with Gasteiger partial charge in [-0.15, -0.1) is 0 Å². The van der Waals surface area contributed by atoms with E-state index in [1.165, 1.54) is 19.3 Å². The maximum Gasteiger partial charge on any atom is 0.0915 e. The molecule has 2 aliphatic carbocycles. The quantitative estimate of drug-likeness (QED) is 0.813. The van der Waals surface area contributed by atoms with Crippen LogP contribution in [0.2, 0.25) is 0 Å². The molecule has 0 aromatic carbocycles. The van der Waals surface area contributed by atoms with Gasteiger partial charge < -0.3 is 9.84 Å². The first-order chi connectivity index (χ1) is 8.24. The zero-order chi connectivity index (χ0) is 13.6. The molecule has 4 atom stereocenters. The summed E-state index contributed by atoms with van der Waals surface area (Å²) in [5, 5.41) is 10.7. The Morgan fingerprint density at radius 3 is 2.39 bits per heavy atom. The van der Waals surface area contributed by atoms with Crippen LogP contribution in [-0.4, -0.2) is 23.4 Å². The summed E-state index contributed by atoms with van der Waals surface area (Å²) >= 11 is 0. The van der Waals surface area contributed by atoms with Gasteiger partial charge in [0.25, 0.3) is 0 Å². The third-order valence-electron chi connectivity index (χ3n) is 5.71. The van der Waals surface area contributed by atoms with Gasteiger partial charge in [-0.05, 0) is 56.3 Å². The van der Waals surface area contributed by atoms with E-state index in [2.05, 4.69) is 20.8 Å². The molecule has 0 bridgehead atoms. The first-order valence-corrected chi connectivity index (χ1v) is 7.58. The van der Waals surface area contributed by atoms with Gasteiger partial charge in [0, 0.05) is 6.61 Å². The summed E-state index contributed by atoms with van der Waals surface area (Å²) in [7, 11) is 0. The third kappa shape index (κ3) is 2.12. The van der Waals surface area contributed by atoms with Crippen LogP contribution in [0.4, 0.5) is 0 Å². The molecule has 0 aromatic heterocycles. The summed E-state index contributed by atoms with van der Waals surface area (Å²) in [6, 6.07) is 0. The zero-order valence-electron chi connectivity index (χ0n) is 12.8. The second-order valence-electron chi connectivity index (χ2n) is 7.63. The van der Waals surface area contributed by atoms with Crippen molar-refractivity contribution in [3.05, 3.63) is 0 Å². The molecule has 0 radical (unpaired) electrons. The Hall–Kier alpha value is -0.0800. The van der Waals surface area contributed by atoms with Gasteiger partial charge in [0.15, 0.2) is 0 Å². The minimum atomic E-state index is -0.658. The molecular formula is C16H30O2. The van der Waals surface area contributed by atoms with Crippen molar-refractivity contribution in [3.8, 4) is 0 Å². The van der Waals surface area contributed by atoms with Crippen molar-refractivity contribution in [2.24, 2.45) is 16.7 Å². The summed E-state index contributed by atoms with van der Waals surface area (Å²) in [5.41, 5.74) is -0.132. The molecule has 2 aliphatic rings. The van der Waals surface area contributed by atoms with Crippen molar-refractivity contribution >= 4 is 0 Å². The number of aliphatic hydroxyl groups is 1. The Labute approximate surface area is 112 Å². The standard InChI is InChI=1S/C16H30O2/c1-6-18-13-15(4)10-7-9-14(2,3)12(15)8-11-16(13,5)17/h12-13,17H,6-11H2,1-5H3. The smallest absolute Gasteiger partial charge is 0.0915 e. The highest BCUT2D eigenvalue weighted by Gasteiger charge is 2.58. The lowest BCUT2D eigenvalue weighted by molar-refractivity contribution is -0.222. The molecule has 2 heteroatoms. The minimum absolute atomic E-state index is 0.00618. The van der Waals surface area contributed by atoms with Gasteiger partial charge in [0.2, 0.25) is 0 Å². The van der Waals surface area contributed by atoms with E-state index < -0.39 is 5.60 Å². The number of rotatable bonds is 2. The van der Waals surface area contributed by atoms with Crippen LogP contribution in [0, 0.1) is 16.7 Å². The van der Waals surface area contributed by atoms with Crippen molar-refractivity contribution in [1.82, 2.24) is 0 Å². The molecule has 0 aromatic rings. The normalized spacial score (nSPS) is 47.7. The molecule has 2 rings (SSSR count). The maximum atomic E-state index is 10.7. The molecule has 4 unspecified atom stereocenters. The highest BCUT2D eigenvalue weighted by Crippen LogP contribution is 2.60. The fourth-order valence-corrected chi connectivity index (χ4v) is 5.01. The van der Waals surface area contributed by atoms with Gasteiger partial charge in [-0.2, -0.15) is 0 Å². The average Bonchev–Trinajstić information content (AvgIpc) is 2.22. The van der Waals surface area contributed by atoms with Gasteiger partial charge in [0.1, 0.15) is 0 Å². The molecule has 0 heterocycles. The summed E-state index contributed by atoms with van der Waals surface area (Å²) in [6.07, 6.45) is 5.78. The predicted octanol–water partition coefficient (Wildman–Crippen LogP) is 3.77. The molecule has 0 amide bonds. The lowest BCUT2D eigenvalue weighted by Crippen LogP contribution is -2.61. The number of ether oxygens (including phenoxy) is 1. The fourth-order valence-electron chi connectivity index (χ4n) is 5.01. The molecule has 0 aliphatic heterocycles. The Balaban J connectivity index is 2.35. The molecule has 0 saturated heterocycles. The Morgan fingerprint density at radius 2 is 1.78 bits per heavy atom. The largest absolute Gasteiger partial charge is 0.387 e. The van der Waals surface area contributed by atoms with Crippen molar-refractivity contribution in [2.75, 3.05) is 6.61 Å². The summed E-state index contributed by atoms with van der Waals surface area (Å²) < 4.78 is 6.01. The van der Waals surface area contributed by atoms with Crippen LogP contribution < -0.4 is 0 Å². The number of hydrogen-bond donors (Lipinski definition) is 1. The SMILES string of the molecule is CCOC1C(C)(O)CCC2C(C)(C)CCCC21C. The molecular weight excluding hydrogens is 224 g/mol. The summed E-state index contributed by atoms with van der Waals surface area (Å²) in [4.78, 5) is 0. The van der Waals surface area contributed by atoms with Crippen LogP contribution in [0.15, 0.2) is 0 Å². The van der Waals surface area contributed by atoms with Crippen molar-refractivity contribution < 1.29 is 9.84 Å². The molecule has 0 spiro atoms. The number of fused-ring (bicyclic) bond motifs is 1. The molecule has 1 N–H and O–H groups in total. The lowest BCUT2D eigenvalue weighted by atomic mass is 9.48. The van der Waals surface area contributed by atoms with E-state index in [1.807, 2.05) is 13.8 Å². The molecule has 2 fully saturated rings. The van der Waals surface area contributed by atoms with Crippen LogP contribution in [0.25, 0.3) is 0 Å². The number of hydrogen-bond acceptors (Lipinski definition) is 2. The first kappa shape index (κ1) is 14.3. The highest BCUT2D eigenvalue weighted by molar-refractivity contribution is 5.08. The van der Waals surface area contributed by atoms with E-state index in [0.29, 0.717) is 17.9 Å². The minimum Gasteiger partial charge on any atom is -0.387 e. The summed E-state index contributed by atoms with van der Waals surface area (Å²) in [5.74, 6) is 0.676. The summed E-state index contributed by atoms with van der Waals surface area (Å²) in [6.45, 7) is 11.9. The van der Waals surface area contributed by atoms with Crippen molar-refractivity contribution in [1.29, 1.82) is 0 Å². The average molecular weight is 254 g/mol. The van der Waals surface area contributed by atoms with E-state index in [4.69, 9.17) is 4.74 Å². The van der Waals surface area contributed by atoms with Crippen molar-refractivity contribution in [2.45, 2.75) is 78.4 Å². The molecule has 2 nitrogen and oxygen atoms in total. The Morgan fingerprint density at radius 1 is 1.11 bits per heavy atom. The van der Waals surface area contributed by atoms with E-state index in [-0.39, 0.29) is 11.5 Å². The van der Waals surface area contributed by atoms with Gasteiger partial charge in [-0.25, -0.2) is 0 Å².